The standard InChI is InChI=1S/C16H15ClO2/c17-13-4-6-15(7-5-13)19-16-3-1-2-11(10-16)12-8-14(18)9-12/h1-7,10,12,14,18H,8-9H2/t12-,14-. The lowest BCUT2D eigenvalue weighted by Crippen LogP contribution is -2.26. The summed E-state index contributed by atoms with van der Waals surface area (Å²) in [6.07, 6.45) is 1.57. The highest BCUT2D eigenvalue weighted by molar-refractivity contribution is 6.30. The first-order valence-electron chi connectivity index (χ1n) is 6.42. The van der Waals surface area contributed by atoms with Crippen LogP contribution in [0.5, 0.6) is 11.5 Å². The molecule has 1 aliphatic carbocycles. The quantitative estimate of drug-likeness (QED) is 0.900. The molecule has 2 aromatic carbocycles. The Balaban J connectivity index is 1.74. The zero-order valence-corrected chi connectivity index (χ0v) is 11.2. The van der Waals surface area contributed by atoms with Crippen molar-refractivity contribution in [2.45, 2.75) is 24.9 Å². The molecule has 3 heteroatoms. The Morgan fingerprint density at radius 2 is 1.74 bits per heavy atom. The number of rotatable bonds is 3. The van der Waals surface area contributed by atoms with E-state index in [1.54, 1.807) is 0 Å². The molecule has 1 aliphatic rings. The molecule has 2 nitrogen and oxygen atoms in total. The second-order valence-electron chi connectivity index (χ2n) is 4.95. The summed E-state index contributed by atoms with van der Waals surface area (Å²) in [4.78, 5) is 0. The van der Waals surface area contributed by atoms with Crippen LogP contribution in [0.3, 0.4) is 0 Å². The van der Waals surface area contributed by atoms with Gasteiger partial charge < -0.3 is 9.84 Å². The van der Waals surface area contributed by atoms with Gasteiger partial charge in [0, 0.05) is 5.02 Å². The third-order valence-corrected chi connectivity index (χ3v) is 3.74. The molecule has 2 aromatic rings. The van der Waals surface area contributed by atoms with Gasteiger partial charge in [0.15, 0.2) is 0 Å². The first kappa shape index (κ1) is 12.5. The van der Waals surface area contributed by atoms with Crippen molar-refractivity contribution in [3.63, 3.8) is 0 Å². The van der Waals surface area contributed by atoms with Gasteiger partial charge in [0.2, 0.25) is 0 Å². The van der Waals surface area contributed by atoms with E-state index in [0.29, 0.717) is 10.9 Å². The van der Waals surface area contributed by atoms with Gasteiger partial charge in [0.05, 0.1) is 6.10 Å². The normalized spacial score (nSPS) is 21.8. The van der Waals surface area contributed by atoms with Gasteiger partial charge in [-0.15, -0.1) is 0 Å². The van der Waals surface area contributed by atoms with Gasteiger partial charge >= 0.3 is 0 Å². The summed E-state index contributed by atoms with van der Waals surface area (Å²) < 4.78 is 5.80. The predicted molar refractivity (Wildman–Crippen MR) is 75.9 cm³/mol. The molecule has 0 spiro atoms. The summed E-state index contributed by atoms with van der Waals surface area (Å²) in [5, 5.41) is 10.1. The average molecular weight is 275 g/mol. The highest BCUT2D eigenvalue weighted by atomic mass is 35.5. The fourth-order valence-corrected chi connectivity index (χ4v) is 2.46. The summed E-state index contributed by atoms with van der Waals surface area (Å²) in [5.41, 5.74) is 1.23. The number of aliphatic hydroxyl groups is 1. The van der Waals surface area contributed by atoms with Crippen LogP contribution < -0.4 is 4.74 Å². The maximum atomic E-state index is 9.37. The first-order chi connectivity index (χ1) is 9.20. The molecule has 0 radical (unpaired) electrons. The van der Waals surface area contributed by atoms with Gasteiger partial charge in [-0.1, -0.05) is 23.7 Å². The summed E-state index contributed by atoms with van der Waals surface area (Å²) in [7, 11) is 0. The molecule has 19 heavy (non-hydrogen) atoms. The summed E-state index contributed by atoms with van der Waals surface area (Å²) in [6.45, 7) is 0. The Kier molecular flexibility index (Phi) is 3.45. The Bertz CT molecular complexity index is 559. The summed E-state index contributed by atoms with van der Waals surface area (Å²) in [5.74, 6) is 2.06. The number of hydrogen-bond acceptors (Lipinski definition) is 2. The Labute approximate surface area is 117 Å². The van der Waals surface area contributed by atoms with Crippen LogP contribution in [0, 0.1) is 0 Å². The van der Waals surface area contributed by atoms with Crippen LogP contribution >= 0.6 is 11.6 Å². The second kappa shape index (κ2) is 5.24. The molecule has 0 unspecified atom stereocenters. The number of halogens is 1. The van der Waals surface area contributed by atoms with Gasteiger partial charge in [-0.05, 0) is 60.7 Å². The van der Waals surface area contributed by atoms with Crippen LogP contribution in [-0.2, 0) is 0 Å². The van der Waals surface area contributed by atoms with Crippen LogP contribution in [-0.4, -0.2) is 11.2 Å². The van der Waals surface area contributed by atoms with E-state index in [4.69, 9.17) is 16.3 Å². The van der Waals surface area contributed by atoms with Crippen LogP contribution in [0.25, 0.3) is 0 Å². The fraction of sp³-hybridized carbons (Fsp3) is 0.250. The molecule has 0 bridgehead atoms. The smallest absolute Gasteiger partial charge is 0.127 e. The van der Waals surface area contributed by atoms with Crippen molar-refractivity contribution in [3.05, 3.63) is 59.1 Å². The van der Waals surface area contributed by atoms with E-state index in [1.165, 1.54) is 5.56 Å². The molecule has 0 amide bonds. The van der Waals surface area contributed by atoms with Crippen molar-refractivity contribution < 1.29 is 9.84 Å². The van der Waals surface area contributed by atoms with E-state index in [9.17, 15) is 5.11 Å². The molecular weight excluding hydrogens is 260 g/mol. The van der Waals surface area contributed by atoms with Gasteiger partial charge in [-0.2, -0.15) is 0 Å². The monoisotopic (exact) mass is 274 g/mol. The maximum absolute atomic E-state index is 9.37. The molecule has 1 fully saturated rings. The van der Waals surface area contributed by atoms with Crippen LogP contribution in [0.15, 0.2) is 48.5 Å². The highest BCUT2D eigenvalue weighted by Gasteiger charge is 2.28. The second-order valence-corrected chi connectivity index (χ2v) is 5.39. The highest BCUT2D eigenvalue weighted by Crippen LogP contribution is 2.38. The van der Waals surface area contributed by atoms with Crippen molar-refractivity contribution >= 4 is 11.6 Å². The minimum Gasteiger partial charge on any atom is -0.457 e. The van der Waals surface area contributed by atoms with E-state index in [0.717, 1.165) is 24.3 Å². The molecule has 1 saturated carbocycles. The van der Waals surface area contributed by atoms with Crippen LogP contribution in [0.4, 0.5) is 0 Å². The van der Waals surface area contributed by atoms with Gasteiger partial charge in [0.25, 0.3) is 0 Å². The number of benzene rings is 2. The Morgan fingerprint density at radius 3 is 2.42 bits per heavy atom. The third-order valence-electron chi connectivity index (χ3n) is 3.49. The van der Waals surface area contributed by atoms with Crippen molar-refractivity contribution in [1.82, 2.24) is 0 Å². The van der Waals surface area contributed by atoms with E-state index in [1.807, 2.05) is 42.5 Å². The van der Waals surface area contributed by atoms with Gasteiger partial charge in [0.1, 0.15) is 11.5 Å². The molecular formula is C16H15ClO2. The van der Waals surface area contributed by atoms with Crippen LogP contribution in [0.1, 0.15) is 24.3 Å². The van der Waals surface area contributed by atoms with Crippen LogP contribution in [0.2, 0.25) is 5.02 Å². The third kappa shape index (κ3) is 2.91. The van der Waals surface area contributed by atoms with E-state index in [2.05, 4.69) is 6.07 Å². The van der Waals surface area contributed by atoms with E-state index >= 15 is 0 Å². The lowest BCUT2D eigenvalue weighted by atomic mass is 9.78. The topological polar surface area (TPSA) is 29.5 Å². The molecule has 3 rings (SSSR count). The summed E-state index contributed by atoms with van der Waals surface area (Å²) in [6, 6.07) is 15.4. The SMILES string of the molecule is O[C@H]1C[C@H](c2cccc(Oc3ccc(Cl)cc3)c2)C1. The van der Waals surface area contributed by atoms with E-state index in [-0.39, 0.29) is 6.10 Å². The number of hydrogen-bond donors (Lipinski definition) is 1. The Hall–Kier alpha value is -1.51. The number of ether oxygens (including phenoxy) is 1. The molecule has 0 aliphatic heterocycles. The van der Waals surface area contributed by atoms with Crippen molar-refractivity contribution in [3.8, 4) is 11.5 Å². The molecule has 0 saturated heterocycles. The van der Waals surface area contributed by atoms with Crippen molar-refractivity contribution in [2.24, 2.45) is 0 Å². The zero-order chi connectivity index (χ0) is 13.2. The molecule has 0 atom stereocenters. The maximum Gasteiger partial charge on any atom is 0.127 e. The van der Waals surface area contributed by atoms with Crippen molar-refractivity contribution in [2.75, 3.05) is 0 Å². The molecule has 0 aromatic heterocycles. The molecule has 1 N–H and O–H groups in total. The molecule has 0 heterocycles. The zero-order valence-electron chi connectivity index (χ0n) is 10.4. The number of aliphatic hydroxyl groups excluding tert-OH is 1. The average Bonchev–Trinajstić information content (AvgIpc) is 2.38. The lowest BCUT2D eigenvalue weighted by Gasteiger charge is -2.31. The van der Waals surface area contributed by atoms with Crippen molar-refractivity contribution in [1.29, 1.82) is 0 Å². The van der Waals surface area contributed by atoms with Gasteiger partial charge in [-0.25, -0.2) is 0 Å². The predicted octanol–water partition coefficient (Wildman–Crippen LogP) is 4.37. The minimum atomic E-state index is -0.133. The lowest BCUT2D eigenvalue weighted by molar-refractivity contribution is 0.0746. The largest absolute Gasteiger partial charge is 0.457 e. The fourth-order valence-electron chi connectivity index (χ4n) is 2.33. The van der Waals surface area contributed by atoms with E-state index < -0.39 is 0 Å². The minimum absolute atomic E-state index is 0.133. The summed E-state index contributed by atoms with van der Waals surface area (Å²) >= 11 is 5.84. The molecule has 98 valence electrons. The van der Waals surface area contributed by atoms with Gasteiger partial charge in [-0.3, -0.25) is 0 Å². The Morgan fingerprint density at radius 1 is 1.00 bits per heavy atom. The first-order valence-corrected chi connectivity index (χ1v) is 6.80.